The van der Waals surface area contributed by atoms with E-state index in [2.05, 4.69) is 11.9 Å². The number of hydrogen-bond acceptors (Lipinski definition) is 5. The summed E-state index contributed by atoms with van der Waals surface area (Å²) in [5, 5.41) is 0. The van der Waals surface area contributed by atoms with Gasteiger partial charge >= 0.3 is 12.1 Å². The maximum atomic E-state index is 15.5. The lowest BCUT2D eigenvalue weighted by Gasteiger charge is -2.38. The second-order valence-electron chi connectivity index (χ2n) is 10.4. The number of carbonyl (C=O) groups is 2. The van der Waals surface area contributed by atoms with Gasteiger partial charge in [-0.2, -0.15) is 13.2 Å². The molecule has 0 unspecified atom stereocenters. The third kappa shape index (κ3) is 6.83. The van der Waals surface area contributed by atoms with Crippen LogP contribution in [0.4, 0.5) is 23.2 Å². The number of aromatic nitrogens is 1. The van der Waals surface area contributed by atoms with Gasteiger partial charge in [-0.15, -0.1) is 0 Å². The van der Waals surface area contributed by atoms with Crippen LogP contribution in [0.2, 0.25) is 0 Å². The highest BCUT2D eigenvalue weighted by molar-refractivity contribution is 14.1. The minimum absolute atomic E-state index is 0.0498. The Morgan fingerprint density at radius 2 is 1.69 bits per heavy atom. The molecule has 39 heavy (non-hydrogen) atoms. The summed E-state index contributed by atoms with van der Waals surface area (Å²) >= 11 is 1.69. The minimum Gasteiger partial charge on any atom is -0.465 e. The van der Waals surface area contributed by atoms with Gasteiger partial charge in [-0.25, -0.2) is 14.2 Å². The number of ether oxygens (including phenoxy) is 2. The molecule has 2 aromatic rings. The van der Waals surface area contributed by atoms with Crippen molar-refractivity contribution in [3.05, 3.63) is 44.9 Å². The summed E-state index contributed by atoms with van der Waals surface area (Å²) in [5.41, 5.74) is -1.28. The van der Waals surface area contributed by atoms with Crippen LogP contribution in [-0.4, -0.2) is 30.0 Å². The van der Waals surface area contributed by atoms with Crippen molar-refractivity contribution < 1.29 is 36.6 Å². The lowest BCUT2D eigenvalue weighted by Crippen LogP contribution is -2.46. The topological polar surface area (TPSA) is 68.7 Å². The second-order valence-corrected chi connectivity index (χ2v) is 11.6. The molecule has 0 aliphatic heterocycles. The second kappa shape index (κ2) is 12.4. The molecule has 0 N–H and O–H groups in total. The normalized spacial score (nSPS) is 20.4. The molecule has 0 radical (unpaired) electrons. The Labute approximate surface area is 238 Å². The van der Waals surface area contributed by atoms with E-state index in [0.717, 1.165) is 63.6 Å². The molecule has 1 aromatic carbocycles. The molecule has 1 heterocycles. The molecule has 6 nitrogen and oxygen atoms in total. The van der Waals surface area contributed by atoms with E-state index >= 15 is 4.39 Å². The zero-order valence-electron chi connectivity index (χ0n) is 21.8. The minimum atomic E-state index is -4.80. The van der Waals surface area contributed by atoms with Crippen molar-refractivity contribution in [1.29, 1.82) is 0 Å². The van der Waals surface area contributed by atoms with Gasteiger partial charge in [0.05, 0.1) is 18.4 Å². The average Bonchev–Trinajstić information content (AvgIpc) is 2.91. The molecular weight excluding hydrogens is 631 g/mol. The summed E-state index contributed by atoms with van der Waals surface area (Å²) in [7, 11) is 1.15. The van der Waals surface area contributed by atoms with E-state index in [4.69, 9.17) is 9.47 Å². The third-order valence-electron chi connectivity index (χ3n) is 7.59. The number of pyridine rings is 1. The van der Waals surface area contributed by atoms with Crippen LogP contribution in [0.15, 0.2) is 24.4 Å². The molecule has 0 bridgehead atoms. The number of amides is 1. The van der Waals surface area contributed by atoms with Gasteiger partial charge in [-0.3, -0.25) is 4.79 Å². The SMILES string of the molecule is COC(=O)c1cc(Oc2ncc(I)cc2C(F)(F)F)c(F)cc1N(C(=O)[C@H]1CC[C@H](C)CC1)C1CCCCC1. The van der Waals surface area contributed by atoms with E-state index in [1.165, 1.54) is 0 Å². The molecule has 0 spiro atoms. The van der Waals surface area contributed by atoms with Crippen LogP contribution in [0.1, 0.15) is 80.6 Å². The van der Waals surface area contributed by atoms with Crippen molar-refractivity contribution in [3.8, 4) is 11.6 Å². The fraction of sp³-hybridized carbons (Fsp3) is 0.536. The standard InChI is InChI=1S/C28H31F4IN2O4/c1-16-8-10-17(11-9-16)26(36)35(19-6-4-3-5-7-19)23-14-22(29)24(13-20(23)27(37)38-2)39-25-21(28(30,31)32)12-18(33)15-34-25/h12-17,19H,3-11H2,1-2H3/t16-,17-. The summed E-state index contributed by atoms with van der Waals surface area (Å²) in [6, 6.07) is 2.61. The first kappa shape index (κ1) is 29.5. The van der Waals surface area contributed by atoms with Crippen molar-refractivity contribution in [2.24, 2.45) is 11.8 Å². The highest BCUT2D eigenvalue weighted by Gasteiger charge is 2.38. The summed E-state index contributed by atoms with van der Waals surface area (Å²) in [6.07, 6.45) is 3.81. The van der Waals surface area contributed by atoms with E-state index in [0.29, 0.717) is 31.6 Å². The van der Waals surface area contributed by atoms with Crippen LogP contribution >= 0.6 is 22.6 Å². The number of anilines is 1. The smallest absolute Gasteiger partial charge is 0.421 e. The predicted molar refractivity (Wildman–Crippen MR) is 145 cm³/mol. The van der Waals surface area contributed by atoms with Crippen LogP contribution < -0.4 is 9.64 Å². The number of hydrogen-bond donors (Lipinski definition) is 0. The zero-order valence-corrected chi connectivity index (χ0v) is 24.0. The molecule has 2 aliphatic rings. The van der Waals surface area contributed by atoms with E-state index < -0.39 is 35.2 Å². The van der Waals surface area contributed by atoms with Crippen LogP contribution in [0.25, 0.3) is 0 Å². The van der Waals surface area contributed by atoms with Crippen molar-refractivity contribution in [2.45, 2.75) is 76.9 Å². The largest absolute Gasteiger partial charge is 0.465 e. The Morgan fingerprint density at radius 3 is 2.31 bits per heavy atom. The Balaban J connectivity index is 1.78. The van der Waals surface area contributed by atoms with E-state index in [1.54, 1.807) is 27.5 Å². The number of halogens is 5. The Morgan fingerprint density at radius 1 is 1.03 bits per heavy atom. The predicted octanol–water partition coefficient (Wildman–Crippen LogP) is 7.92. The highest BCUT2D eigenvalue weighted by Crippen LogP contribution is 2.41. The van der Waals surface area contributed by atoms with Crippen LogP contribution in [0, 0.1) is 21.2 Å². The van der Waals surface area contributed by atoms with Crippen molar-refractivity contribution in [1.82, 2.24) is 4.98 Å². The van der Waals surface area contributed by atoms with Crippen molar-refractivity contribution in [3.63, 3.8) is 0 Å². The van der Waals surface area contributed by atoms with E-state index in [-0.39, 0.29) is 32.7 Å². The van der Waals surface area contributed by atoms with Crippen LogP contribution in [0.5, 0.6) is 11.6 Å². The quantitative estimate of drug-likeness (QED) is 0.179. The Bertz CT molecular complexity index is 1210. The molecular formula is C28H31F4IN2O4. The molecule has 0 atom stereocenters. The molecule has 11 heteroatoms. The molecule has 212 valence electrons. The number of esters is 1. The number of alkyl halides is 3. The third-order valence-corrected chi connectivity index (χ3v) is 8.18. The molecule has 1 amide bonds. The summed E-state index contributed by atoms with van der Waals surface area (Å²) < 4.78 is 66.9. The molecule has 2 fully saturated rings. The van der Waals surface area contributed by atoms with Gasteiger partial charge in [-0.1, -0.05) is 26.2 Å². The summed E-state index contributed by atoms with van der Waals surface area (Å²) in [4.78, 5) is 32.1. The van der Waals surface area contributed by atoms with Gasteiger partial charge < -0.3 is 14.4 Å². The first-order valence-corrected chi connectivity index (χ1v) is 14.2. The summed E-state index contributed by atoms with van der Waals surface area (Å²) in [5.74, 6) is -3.23. The summed E-state index contributed by atoms with van der Waals surface area (Å²) in [6.45, 7) is 2.15. The van der Waals surface area contributed by atoms with Gasteiger partial charge in [0.1, 0.15) is 5.56 Å². The Hall–Kier alpha value is -2.44. The van der Waals surface area contributed by atoms with Crippen LogP contribution in [0.3, 0.4) is 0 Å². The molecule has 2 aliphatic carbocycles. The van der Waals surface area contributed by atoms with Gasteiger partial charge in [0.15, 0.2) is 11.6 Å². The number of carbonyl (C=O) groups excluding carboxylic acids is 2. The van der Waals surface area contributed by atoms with Gasteiger partial charge in [0, 0.05) is 33.9 Å². The number of rotatable bonds is 6. The van der Waals surface area contributed by atoms with Crippen molar-refractivity contribution in [2.75, 3.05) is 12.0 Å². The molecule has 1 aromatic heterocycles. The molecule has 0 saturated heterocycles. The lowest BCUT2D eigenvalue weighted by atomic mass is 9.81. The zero-order chi connectivity index (χ0) is 28.3. The maximum absolute atomic E-state index is 15.5. The first-order valence-electron chi connectivity index (χ1n) is 13.1. The Kier molecular flexibility index (Phi) is 9.38. The molecule has 2 saturated carbocycles. The van der Waals surface area contributed by atoms with E-state index in [9.17, 15) is 22.8 Å². The van der Waals surface area contributed by atoms with Gasteiger partial charge in [-0.05, 0) is 73.1 Å². The maximum Gasteiger partial charge on any atom is 0.421 e. The van der Waals surface area contributed by atoms with Gasteiger partial charge in [0.2, 0.25) is 11.8 Å². The number of methoxy groups -OCH3 is 1. The fourth-order valence-corrected chi connectivity index (χ4v) is 5.90. The average molecular weight is 662 g/mol. The first-order chi connectivity index (χ1) is 18.5. The lowest BCUT2D eigenvalue weighted by molar-refractivity contribution is -0.139. The van der Waals surface area contributed by atoms with Crippen LogP contribution in [-0.2, 0) is 15.7 Å². The van der Waals surface area contributed by atoms with E-state index in [1.807, 2.05) is 0 Å². The van der Waals surface area contributed by atoms with Gasteiger partial charge in [0.25, 0.3) is 0 Å². The van der Waals surface area contributed by atoms with Crippen molar-refractivity contribution >= 4 is 40.2 Å². The fourth-order valence-electron chi connectivity index (χ4n) is 5.45. The monoisotopic (exact) mass is 662 g/mol. The molecule has 4 rings (SSSR count). The number of benzene rings is 1. The number of nitrogens with zero attached hydrogens (tertiary/aromatic N) is 2. The highest BCUT2D eigenvalue weighted by atomic mass is 127.